The number of phenolic OH excluding ortho intramolecular Hbond substituents is 4. The van der Waals surface area contributed by atoms with Gasteiger partial charge in [-0.3, -0.25) is 4.79 Å². The quantitative estimate of drug-likeness (QED) is 0.273. The fourth-order valence-electron chi connectivity index (χ4n) is 3.36. The van der Waals surface area contributed by atoms with Crippen LogP contribution in [0.2, 0.25) is 0 Å². The van der Waals surface area contributed by atoms with E-state index >= 15 is 0 Å². The number of rotatable bonds is 3. The minimum atomic E-state index is -1.78. The molecule has 5 atom stereocenters. The highest BCUT2D eigenvalue weighted by Crippen LogP contribution is 2.39. The topological polar surface area (TPSA) is 190 Å². The van der Waals surface area contributed by atoms with E-state index in [2.05, 4.69) is 6.92 Å². The van der Waals surface area contributed by atoms with E-state index in [1.807, 2.05) is 0 Å². The second kappa shape index (κ2) is 7.88. The molecule has 0 bridgehead atoms. The summed E-state index contributed by atoms with van der Waals surface area (Å²) in [6.45, 7) is 3.50. The number of hydrogen-bond acceptors (Lipinski definition) is 11. The Hall–Kier alpha value is -3.51. The van der Waals surface area contributed by atoms with Crippen LogP contribution in [0.1, 0.15) is 0 Å². The van der Waals surface area contributed by atoms with Crippen molar-refractivity contribution in [2.75, 3.05) is 0 Å². The van der Waals surface area contributed by atoms with E-state index < -0.39 is 64.9 Å². The van der Waals surface area contributed by atoms with Crippen molar-refractivity contribution in [3.05, 3.63) is 47.5 Å². The Bertz CT molecular complexity index is 1230. The molecule has 169 valence electrons. The van der Waals surface area contributed by atoms with Crippen LogP contribution in [0.5, 0.6) is 28.7 Å². The lowest BCUT2D eigenvalue weighted by Gasteiger charge is -2.38. The predicted octanol–water partition coefficient (Wildman–Crippen LogP) is 0.303. The maximum atomic E-state index is 13.2. The zero-order valence-electron chi connectivity index (χ0n) is 16.2. The van der Waals surface area contributed by atoms with Gasteiger partial charge >= 0.3 is 0 Å². The summed E-state index contributed by atoms with van der Waals surface area (Å²) in [5.41, 5.74) is -1.10. The van der Waals surface area contributed by atoms with E-state index in [0.717, 1.165) is 24.3 Å². The van der Waals surface area contributed by atoms with E-state index in [-0.39, 0.29) is 22.3 Å². The number of benzene rings is 2. The fraction of sp³-hybridized carbons (Fsp3) is 0.238. The Morgan fingerprint density at radius 2 is 1.59 bits per heavy atom. The molecule has 0 spiro atoms. The minimum absolute atomic E-state index is 0.0502. The molecule has 32 heavy (non-hydrogen) atoms. The number of ether oxygens (including phenoxy) is 2. The second-order valence-corrected chi connectivity index (χ2v) is 7.26. The molecular weight excluding hydrogens is 428 g/mol. The van der Waals surface area contributed by atoms with Gasteiger partial charge in [0.05, 0.1) is 6.10 Å². The molecule has 1 fully saturated rings. The lowest BCUT2D eigenvalue weighted by molar-refractivity contribution is -0.262. The molecule has 7 N–H and O–H groups in total. The first kappa shape index (κ1) is 21.7. The SMILES string of the molecule is [CH2]C1OC(Oc2c(-c3ccc(O)c(O)c3)oc3cc(O)cc(O)c3c2=O)C(O)C(O)C1O. The normalized spacial score (nSPS) is 25.7. The number of hydrogen-bond donors (Lipinski definition) is 7. The second-order valence-electron chi connectivity index (χ2n) is 7.26. The molecule has 1 aliphatic rings. The van der Waals surface area contributed by atoms with E-state index in [9.17, 15) is 40.5 Å². The largest absolute Gasteiger partial charge is 0.508 e. The molecule has 3 aromatic rings. The molecule has 1 saturated heterocycles. The average Bonchev–Trinajstić information content (AvgIpc) is 2.73. The van der Waals surface area contributed by atoms with Gasteiger partial charge in [0, 0.05) is 17.7 Å². The van der Waals surface area contributed by atoms with Gasteiger partial charge < -0.3 is 49.6 Å². The van der Waals surface area contributed by atoms with Crippen LogP contribution >= 0.6 is 0 Å². The lowest BCUT2D eigenvalue weighted by Crippen LogP contribution is -2.58. The first-order valence-electron chi connectivity index (χ1n) is 9.33. The van der Waals surface area contributed by atoms with Crippen molar-refractivity contribution in [1.29, 1.82) is 0 Å². The van der Waals surface area contributed by atoms with Crippen LogP contribution in [-0.2, 0) is 4.74 Å². The Labute approximate surface area is 179 Å². The standard InChI is InChI=1S/C21H19O11/c1-7-15(26)17(28)18(29)21(30-7)32-20-16(27)14-12(25)5-9(22)6-13(14)31-19(20)8-2-3-10(23)11(24)4-8/h2-7,15,17-18,21-26,28-29H,1H2. The number of aliphatic hydroxyl groups is 3. The maximum Gasteiger partial charge on any atom is 0.239 e. The third-order valence-electron chi connectivity index (χ3n) is 5.06. The van der Waals surface area contributed by atoms with Gasteiger partial charge in [0.15, 0.2) is 17.3 Å². The van der Waals surface area contributed by atoms with E-state index in [1.165, 1.54) is 6.07 Å². The van der Waals surface area contributed by atoms with Crippen LogP contribution in [0.25, 0.3) is 22.3 Å². The molecule has 1 radical (unpaired) electrons. The average molecular weight is 447 g/mol. The molecule has 4 rings (SSSR count). The Morgan fingerprint density at radius 1 is 0.875 bits per heavy atom. The summed E-state index contributed by atoms with van der Waals surface area (Å²) in [6.07, 6.45) is -7.88. The Morgan fingerprint density at radius 3 is 2.28 bits per heavy atom. The number of fused-ring (bicyclic) bond motifs is 1. The smallest absolute Gasteiger partial charge is 0.239 e. The predicted molar refractivity (Wildman–Crippen MR) is 107 cm³/mol. The van der Waals surface area contributed by atoms with E-state index in [4.69, 9.17) is 13.9 Å². The lowest BCUT2D eigenvalue weighted by atomic mass is 10.00. The van der Waals surface area contributed by atoms with Crippen molar-refractivity contribution in [1.82, 2.24) is 0 Å². The molecule has 0 amide bonds. The summed E-state index contributed by atoms with van der Waals surface area (Å²) in [5.74, 6) is -2.88. The summed E-state index contributed by atoms with van der Waals surface area (Å²) >= 11 is 0. The highest BCUT2D eigenvalue weighted by Gasteiger charge is 2.44. The maximum absolute atomic E-state index is 13.2. The van der Waals surface area contributed by atoms with Gasteiger partial charge in [-0.15, -0.1) is 0 Å². The van der Waals surface area contributed by atoms with Crippen LogP contribution < -0.4 is 10.2 Å². The monoisotopic (exact) mass is 447 g/mol. The number of aromatic hydroxyl groups is 4. The van der Waals surface area contributed by atoms with Crippen LogP contribution in [0, 0.1) is 6.92 Å². The Balaban J connectivity index is 1.92. The van der Waals surface area contributed by atoms with Crippen molar-refractivity contribution < 1.29 is 49.6 Å². The molecule has 11 nitrogen and oxygen atoms in total. The van der Waals surface area contributed by atoms with Crippen LogP contribution in [0.3, 0.4) is 0 Å². The highest BCUT2D eigenvalue weighted by atomic mass is 16.7. The van der Waals surface area contributed by atoms with Gasteiger partial charge in [-0.2, -0.15) is 0 Å². The third-order valence-corrected chi connectivity index (χ3v) is 5.06. The van der Waals surface area contributed by atoms with Crippen molar-refractivity contribution in [2.45, 2.75) is 30.7 Å². The van der Waals surface area contributed by atoms with Gasteiger partial charge in [-0.25, -0.2) is 0 Å². The fourth-order valence-corrected chi connectivity index (χ4v) is 3.36. The molecule has 0 saturated carbocycles. The van der Waals surface area contributed by atoms with Crippen molar-refractivity contribution in [3.63, 3.8) is 0 Å². The van der Waals surface area contributed by atoms with Gasteiger partial charge in [0.1, 0.15) is 40.8 Å². The van der Waals surface area contributed by atoms with Crippen molar-refractivity contribution in [2.24, 2.45) is 0 Å². The Kier molecular flexibility index (Phi) is 5.34. The molecule has 2 aromatic carbocycles. The first-order valence-corrected chi connectivity index (χ1v) is 9.33. The molecule has 5 unspecified atom stereocenters. The summed E-state index contributed by atoms with van der Waals surface area (Å²) in [6, 6.07) is 5.46. The van der Waals surface area contributed by atoms with Gasteiger partial charge in [-0.05, 0) is 25.1 Å². The molecule has 11 heteroatoms. The molecule has 0 aliphatic carbocycles. The van der Waals surface area contributed by atoms with E-state index in [0.29, 0.717) is 0 Å². The van der Waals surface area contributed by atoms with Crippen LogP contribution in [0.4, 0.5) is 0 Å². The van der Waals surface area contributed by atoms with E-state index in [1.54, 1.807) is 0 Å². The zero-order chi connectivity index (χ0) is 23.3. The molecule has 2 heterocycles. The number of phenols is 4. The first-order chi connectivity index (χ1) is 15.1. The van der Waals surface area contributed by atoms with Crippen LogP contribution in [0.15, 0.2) is 39.5 Å². The minimum Gasteiger partial charge on any atom is -0.508 e. The summed E-state index contributed by atoms with van der Waals surface area (Å²) in [7, 11) is 0. The number of aliphatic hydroxyl groups excluding tert-OH is 3. The van der Waals surface area contributed by atoms with Gasteiger partial charge in [-0.1, -0.05) is 0 Å². The summed E-state index contributed by atoms with van der Waals surface area (Å²) < 4.78 is 16.5. The van der Waals surface area contributed by atoms with Crippen LogP contribution in [-0.4, -0.2) is 66.5 Å². The molecular formula is C21H19O11. The van der Waals surface area contributed by atoms with Gasteiger partial charge in [0.2, 0.25) is 17.5 Å². The van der Waals surface area contributed by atoms with Gasteiger partial charge in [0.25, 0.3) is 0 Å². The third kappa shape index (κ3) is 3.56. The summed E-state index contributed by atoms with van der Waals surface area (Å²) in [4.78, 5) is 13.2. The molecule has 1 aromatic heterocycles. The van der Waals surface area contributed by atoms with Crippen molar-refractivity contribution >= 4 is 11.0 Å². The molecule has 1 aliphatic heterocycles. The highest BCUT2D eigenvalue weighted by molar-refractivity contribution is 5.88. The zero-order valence-corrected chi connectivity index (χ0v) is 16.2. The van der Waals surface area contributed by atoms with Crippen molar-refractivity contribution in [3.8, 4) is 40.1 Å². The summed E-state index contributed by atoms with van der Waals surface area (Å²) in [5, 5.41) is 69.1.